The zero-order chi connectivity index (χ0) is 11.5. The summed E-state index contributed by atoms with van der Waals surface area (Å²) in [6.45, 7) is 4.51. The van der Waals surface area contributed by atoms with Crippen LogP contribution in [0.5, 0.6) is 0 Å². The van der Waals surface area contributed by atoms with Crippen molar-refractivity contribution < 1.29 is 9.90 Å². The minimum atomic E-state index is -0.879. The predicted octanol–water partition coefficient (Wildman–Crippen LogP) is 2.54. The Hall–Kier alpha value is -1.77. The van der Waals surface area contributed by atoms with Crippen molar-refractivity contribution in [2.45, 2.75) is 18.9 Å². The van der Waals surface area contributed by atoms with Crippen LogP contribution in [0.2, 0.25) is 0 Å². The summed E-state index contributed by atoms with van der Waals surface area (Å²) in [6.07, 6.45) is 4.22. The molecule has 1 aliphatic carbocycles. The van der Waals surface area contributed by atoms with Gasteiger partial charge in [0.25, 0.3) is 0 Å². The van der Waals surface area contributed by atoms with Crippen LogP contribution in [-0.4, -0.2) is 23.7 Å². The lowest BCUT2D eigenvalue weighted by Crippen LogP contribution is -2.25. The molecule has 1 N–H and O–H groups in total. The predicted molar refractivity (Wildman–Crippen MR) is 64.0 cm³/mol. The summed E-state index contributed by atoms with van der Waals surface area (Å²) < 4.78 is 0. The number of nitrogens with zero attached hydrogens (tertiary/aromatic N) is 1. The van der Waals surface area contributed by atoms with Crippen LogP contribution < -0.4 is 4.90 Å². The van der Waals surface area contributed by atoms with Crippen molar-refractivity contribution in [3.63, 3.8) is 0 Å². The molecule has 1 aromatic carbocycles. The monoisotopic (exact) mass is 217 g/mol. The van der Waals surface area contributed by atoms with E-state index in [1.165, 1.54) is 12.8 Å². The highest BCUT2D eigenvalue weighted by atomic mass is 16.4. The molecule has 0 saturated heterocycles. The number of carboxylic acids is 1. The van der Waals surface area contributed by atoms with E-state index in [0.29, 0.717) is 11.6 Å². The van der Waals surface area contributed by atoms with Crippen LogP contribution in [0, 0.1) is 0 Å². The van der Waals surface area contributed by atoms with Crippen molar-refractivity contribution in [1.29, 1.82) is 0 Å². The molecule has 16 heavy (non-hydrogen) atoms. The molecule has 0 radical (unpaired) electrons. The van der Waals surface area contributed by atoms with Gasteiger partial charge in [-0.3, -0.25) is 0 Å². The topological polar surface area (TPSA) is 40.5 Å². The molecule has 1 saturated carbocycles. The van der Waals surface area contributed by atoms with E-state index in [1.54, 1.807) is 18.2 Å². The zero-order valence-electron chi connectivity index (χ0n) is 9.10. The molecule has 0 aliphatic heterocycles. The van der Waals surface area contributed by atoms with E-state index in [2.05, 4.69) is 11.5 Å². The first-order chi connectivity index (χ1) is 7.72. The summed E-state index contributed by atoms with van der Waals surface area (Å²) in [5, 5.41) is 8.94. The molecule has 1 aliphatic rings. The van der Waals surface area contributed by atoms with Crippen LogP contribution in [0.25, 0.3) is 0 Å². The standard InChI is InChI=1S/C13H15NO2/c1-2-8-14(11-6-7-11)12-5-3-4-10(9-12)13(15)16/h2-5,9,11H,1,6-8H2,(H,15,16). The Labute approximate surface area is 95.0 Å². The van der Waals surface area contributed by atoms with Gasteiger partial charge < -0.3 is 10.0 Å². The Bertz CT molecular complexity index is 410. The van der Waals surface area contributed by atoms with Gasteiger partial charge in [-0.25, -0.2) is 4.79 Å². The smallest absolute Gasteiger partial charge is 0.335 e. The Kier molecular flexibility index (Phi) is 2.95. The summed E-state index contributed by atoms with van der Waals surface area (Å²) in [4.78, 5) is 13.1. The molecule has 0 unspecified atom stereocenters. The second-order valence-corrected chi connectivity index (χ2v) is 4.03. The average molecular weight is 217 g/mol. The molecule has 84 valence electrons. The van der Waals surface area contributed by atoms with Gasteiger partial charge in [0.1, 0.15) is 0 Å². The van der Waals surface area contributed by atoms with Crippen LogP contribution in [0.15, 0.2) is 36.9 Å². The van der Waals surface area contributed by atoms with E-state index >= 15 is 0 Å². The maximum absolute atomic E-state index is 10.9. The highest BCUT2D eigenvalue weighted by molar-refractivity contribution is 5.88. The molecule has 0 spiro atoms. The van der Waals surface area contributed by atoms with Crippen molar-refractivity contribution in [1.82, 2.24) is 0 Å². The van der Waals surface area contributed by atoms with Crippen LogP contribution in [0.3, 0.4) is 0 Å². The summed E-state index contributed by atoms with van der Waals surface area (Å²) in [5.74, 6) is -0.879. The van der Waals surface area contributed by atoms with E-state index in [0.717, 1.165) is 12.2 Å². The van der Waals surface area contributed by atoms with Crippen molar-refractivity contribution in [2.75, 3.05) is 11.4 Å². The third kappa shape index (κ3) is 2.24. The van der Waals surface area contributed by atoms with Crippen molar-refractivity contribution in [3.05, 3.63) is 42.5 Å². The largest absolute Gasteiger partial charge is 0.478 e. The van der Waals surface area contributed by atoms with E-state index in [1.807, 2.05) is 12.1 Å². The normalized spacial score (nSPS) is 14.5. The van der Waals surface area contributed by atoms with E-state index in [-0.39, 0.29) is 0 Å². The van der Waals surface area contributed by atoms with Gasteiger partial charge in [0.05, 0.1) is 5.56 Å². The number of hydrogen-bond donors (Lipinski definition) is 1. The van der Waals surface area contributed by atoms with Gasteiger partial charge in [-0.2, -0.15) is 0 Å². The van der Waals surface area contributed by atoms with Gasteiger partial charge in [0, 0.05) is 18.3 Å². The SMILES string of the molecule is C=CCN(c1cccc(C(=O)O)c1)C1CC1. The number of carbonyl (C=O) groups is 1. The summed E-state index contributed by atoms with van der Waals surface area (Å²) in [6, 6.07) is 7.64. The van der Waals surface area contributed by atoms with Crippen LogP contribution in [0.4, 0.5) is 5.69 Å². The highest BCUT2D eigenvalue weighted by Crippen LogP contribution is 2.31. The second kappa shape index (κ2) is 4.39. The van der Waals surface area contributed by atoms with E-state index in [9.17, 15) is 4.79 Å². The molecule has 0 heterocycles. The van der Waals surface area contributed by atoms with Gasteiger partial charge in [0.2, 0.25) is 0 Å². The first-order valence-corrected chi connectivity index (χ1v) is 5.43. The van der Waals surface area contributed by atoms with E-state index in [4.69, 9.17) is 5.11 Å². The lowest BCUT2D eigenvalue weighted by molar-refractivity contribution is 0.0697. The molecule has 0 aromatic heterocycles. The number of anilines is 1. The number of aromatic carboxylic acids is 1. The summed E-state index contributed by atoms with van der Waals surface area (Å²) in [7, 11) is 0. The maximum atomic E-state index is 10.9. The number of benzene rings is 1. The van der Waals surface area contributed by atoms with Crippen LogP contribution in [0.1, 0.15) is 23.2 Å². The Morgan fingerprint density at radius 2 is 2.31 bits per heavy atom. The molecular weight excluding hydrogens is 202 g/mol. The van der Waals surface area contributed by atoms with Gasteiger partial charge in [0.15, 0.2) is 0 Å². The minimum absolute atomic E-state index is 0.340. The van der Waals surface area contributed by atoms with Crippen molar-refractivity contribution in [2.24, 2.45) is 0 Å². The third-order valence-corrected chi connectivity index (χ3v) is 2.74. The molecule has 0 amide bonds. The van der Waals surface area contributed by atoms with Crippen molar-refractivity contribution >= 4 is 11.7 Å². The molecule has 3 heteroatoms. The van der Waals surface area contributed by atoms with Crippen LogP contribution >= 0.6 is 0 Å². The third-order valence-electron chi connectivity index (χ3n) is 2.74. The van der Waals surface area contributed by atoms with Gasteiger partial charge in [-0.15, -0.1) is 6.58 Å². The molecule has 2 rings (SSSR count). The quantitative estimate of drug-likeness (QED) is 0.770. The fourth-order valence-corrected chi connectivity index (χ4v) is 1.81. The Morgan fingerprint density at radius 1 is 1.56 bits per heavy atom. The number of rotatable bonds is 5. The fraction of sp³-hybridized carbons (Fsp3) is 0.308. The summed E-state index contributed by atoms with van der Waals surface area (Å²) >= 11 is 0. The molecule has 0 atom stereocenters. The van der Waals surface area contributed by atoms with Gasteiger partial charge in [-0.1, -0.05) is 12.1 Å². The number of hydrogen-bond acceptors (Lipinski definition) is 2. The average Bonchev–Trinajstić information content (AvgIpc) is 3.10. The zero-order valence-corrected chi connectivity index (χ0v) is 9.10. The van der Waals surface area contributed by atoms with Gasteiger partial charge in [-0.05, 0) is 31.0 Å². The molecule has 1 fully saturated rings. The lowest BCUT2D eigenvalue weighted by Gasteiger charge is -2.23. The molecule has 3 nitrogen and oxygen atoms in total. The summed E-state index contributed by atoms with van der Waals surface area (Å²) in [5.41, 5.74) is 1.31. The van der Waals surface area contributed by atoms with Crippen LogP contribution in [-0.2, 0) is 0 Å². The Morgan fingerprint density at radius 3 is 2.88 bits per heavy atom. The minimum Gasteiger partial charge on any atom is -0.478 e. The van der Waals surface area contributed by atoms with E-state index < -0.39 is 5.97 Å². The fourth-order valence-electron chi connectivity index (χ4n) is 1.81. The number of carboxylic acid groups (broad SMARTS) is 1. The second-order valence-electron chi connectivity index (χ2n) is 4.03. The lowest BCUT2D eigenvalue weighted by atomic mass is 10.2. The first-order valence-electron chi connectivity index (χ1n) is 5.43. The Balaban J connectivity index is 2.25. The van der Waals surface area contributed by atoms with Crippen molar-refractivity contribution in [3.8, 4) is 0 Å². The molecular formula is C13H15NO2. The molecule has 0 bridgehead atoms. The molecule has 1 aromatic rings. The highest BCUT2D eigenvalue weighted by Gasteiger charge is 2.28. The maximum Gasteiger partial charge on any atom is 0.335 e. The van der Waals surface area contributed by atoms with Gasteiger partial charge >= 0.3 is 5.97 Å². The first kappa shape index (κ1) is 10.7.